The van der Waals surface area contributed by atoms with Crippen LogP contribution in [0, 0.1) is 0 Å². The minimum atomic E-state index is 0.511. The lowest BCUT2D eigenvalue weighted by Gasteiger charge is -2.12. The monoisotopic (exact) mass is 255 g/mol. The Morgan fingerprint density at radius 2 is 2.21 bits per heavy atom. The minimum Gasteiger partial charge on any atom is -0.313 e. The number of nitrogens with one attached hydrogen (secondary N) is 1. The molecule has 2 aromatic rings. The van der Waals surface area contributed by atoms with E-state index in [1.165, 1.54) is 34.4 Å². The number of fused-ring (bicyclic) bond motifs is 1. The predicted octanol–water partition coefficient (Wildman–Crippen LogP) is 2.86. The zero-order chi connectivity index (χ0) is 13.4. The molecule has 0 bridgehead atoms. The summed E-state index contributed by atoms with van der Waals surface area (Å²) in [4.78, 5) is 0. The Balaban J connectivity index is 2.14. The fourth-order valence-corrected chi connectivity index (χ4v) is 3.23. The van der Waals surface area contributed by atoms with Crippen LogP contribution >= 0.6 is 0 Å². The molecule has 1 atom stereocenters. The molecule has 3 rings (SSSR count). The van der Waals surface area contributed by atoms with E-state index in [2.05, 4.69) is 41.7 Å². The van der Waals surface area contributed by atoms with E-state index >= 15 is 0 Å². The van der Waals surface area contributed by atoms with E-state index in [1.54, 1.807) is 0 Å². The summed E-state index contributed by atoms with van der Waals surface area (Å²) in [5, 5.41) is 7.98. The van der Waals surface area contributed by atoms with Crippen molar-refractivity contribution in [1.82, 2.24) is 15.1 Å². The van der Waals surface area contributed by atoms with Crippen molar-refractivity contribution < 1.29 is 0 Å². The molecule has 100 valence electrons. The molecule has 19 heavy (non-hydrogen) atoms. The summed E-state index contributed by atoms with van der Waals surface area (Å²) in [6.07, 6.45) is 5.50. The first kappa shape index (κ1) is 12.4. The topological polar surface area (TPSA) is 29.9 Å². The fourth-order valence-electron chi connectivity index (χ4n) is 3.23. The maximum atomic E-state index is 4.57. The van der Waals surface area contributed by atoms with Gasteiger partial charge in [-0.2, -0.15) is 5.10 Å². The van der Waals surface area contributed by atoms with Crippen molar-refractivity contribution in [2.75, 3.05) is 7.05 Å². The van der Waals surface area contributed by atoms with Crippen molar-refractivity contribution in [2.45, 2.75) is 32.2 Å². The van der Waals surface area contributed by atoms with Gasteiger partial charge in [0.15, 0.2) is 0 Å². The van der Waals surface area contributed by atoms with Crippen molar-refractivity contribution in [3.63, 3.8) is 0 Å². The lowest BCUT2D eigenvalue weighted by Crippen LogP contribution is -2.12. The van der Waals surface area contributed by atoms with E-state index in [0.717, 1.165) is 12.8 Å². The summed E-state index contributed by atoms with van der Waals surface area (Å²) in [5.74, 6) is 0. The molecule has 3 nitrogen and oxygen atoms in total. The number of nitrogens with zero attached hydrogens (tertiary/aromatic N) is 2. The highest BCUT2D eigenvalue weighted by Gasteiger charge is 2.24. The standard InChI is InChI=1S/C16H21N3/c1-4-15-14(10-19(3)18-15)11-6-5-7-13-12(11)8-9-16(13)17-2/h5-7,10,16-17H,4,8-9H2,1-3H3. The molecule has 1 aliphatic carbocycles. The van der Waals surface area contributed by atoms with Crippen molar-refractivity contribution in [3.8, 4) is 11.1 Å². The van der Waals surface area contributed by atoms with Gasteiger partial charge in [0, 0.05) is 24.8 Å². The van der Waals surface area contributed by atoms with E-state index in [9.17, 15) is 0 Å². The highest BCUT2D eigenvalue weighted by atomic mass is 15.2. The maximum Gasteiger partial charge on any atom is 0.0700 e. The SMILES string of the molecule is CCc1nn(C)cc1-c1cccc2c1CCC2NC. The molecule has 1 heterocycles. The third-order valence-corrected chi connectivity index (χ3v) is 4.15. The quantitative estimate of drug-likeness (QED) is 0.914. The van der Waals surface area contributed by atoms with Crippen LogP contribution in [-0.2, 0) is 19.9 Å². The maximum absolute atomic E-state index is 4.57. The molecule has 0 radical (unpaired) electrons. The summed E-state index contributed by atoms with van der Waals surface area (Å²) in [5.41, 5.74) is 6.85. The fraction of sp³-hybridized carbons (Fsp3) is 0.438. The van der Waals surface area contributed by atoms with Crippen LogP contribution in [0.4, 0.5) is 0 Å². The molecule has 0 spiro atoms. The number of hydrogen-bond donors (Lipinski definition) is 1. The van der Waals surface area contributed by atoms with Crippen LogP contribution in [0.2, 0.25) is 0 Å². The van der Waals surface area contributed by atoms with Gasteiger partial charge in [0.05, 0.1) is 5.69 Å². The number of aryl methyl sites for hydroxylation is 2. The van der Waals surface area contributed by atoms with Crippen molar-refractivity contribution in [1.29, 1.82) is 0 Å². The molecule has 0 saturated carbocycles. The van der Waals surface area contributed by atoms with Gasteiger partial charge >= 0.3 is 0 Å². The second kappa shape index (κ2) is 4.82. The molecule has 0 fully saturated rings. The predicted molar refractivity (Wildman–Crippen MR) is 78.1 cm³/mol. The Bertz CT molecular complexity index is 598. The van der Waals surface area contributed by atoms with Gasteiger partial charge in [-0.05, 0) is 43.0 Å². The summed E-state index contributed by atoms with van der Waals surface area (Å²) >= 11 is 0. The molecule has 3 heteroatoms. The molecular weight excluding hydrogens is 234 g/mol. The van der Waals surface area contributed by atoms with Crippen LogP contribution in [0.5, 0.6) is 0 Å². The first-order chi connectivity index (χ1) is 9.24. The van der Waals surface area contributed by atoms with Gasteiger partial charge in [-0.25, -0.2) is 0 Å². The summed E-state index contributed by atoms with van der Waals surface area (Å²) in [6, 6.07) is 7.19. The van der Waals surface area contributed by atoms with E-state index in [-0.39, 0.29) is 0 Å². The van der Waals surface area contributed by atoms with Crippen LogP contribution in [0.15, 0.2) is 24.4 Å². The van der Waals surface area contributed by atoms with Crippen molar-refractivity contribution in [3.05, 3.63) is 41.2 Å². The van der Waals surface area contributed by atoms with E-state index in [1.807, 2.05) is 18.8 Å². The second-order valence-electron chi connectivity index (χ2n) is 5.27. The summed E-state index contributed by atoms with van der Waals surface area (Å²) in [6.45, 7) is 2.17. The first-order valence-electron chi connectivity index (χ1n) is 7.06. The average Bonchev–Trinajstić information content (AvgIpc) is 3.01. The molecule has 1 N–H and O–H groups in total. The molecule has 0 aliphatic heterocycles. The number of benzene rings is 1. The average molecular weight is 255 g/mol. The molecular formula is C16H21N3. The Kier molecular flexibility index (Phi) is 3.15. The van der Waals surface area contributed by atoms with Crippen LogP contribution in [0.25, 0.3) is 11.1 Å². The van der Waals surface area contributed by atoms with Gasteiger partial charge in [-0.3, -0.25) is 4.68 Å². The zero-order valence-electron chi connectivity index (χ0n) is 11.9. The largest absolute Gasteiger partial charge is 0.313 e. The summed E-state index contributed by atoms with van der Waals surface area (Å²) in [7, 11) is 4.05. The Morgan fingerprint density at radius 1 is 1.37 bits per heavy atom. The van der Waals surface area contributed by atoms with Gasteiger partial charge < -0.3 is 5.32 Å². The van der Waals surface area contributed by atoms with Crippen LogP contribution < -0.4 is 5.32 Å². The molecule has 1 aromatic heterocycles. The van der Waals surface area contributed by atoms with Gasteiger partial charge in [0.1, 0.15) is 0 Å². The van der Waals surface area contributed by atoms with Gasteiger partial charge in [-0.15, -0.1) is 0 Å². The molecule has 1 unspecified atom stereocenters. The first-order valence-corrected chi connectivity index (χ1v) is 7.06. The molecule has 1 aromatic carbocycles. The number of aromatic nitrogens is 2. The zero-order valence-corrected chi connectivity index (χ0v) is 11.9. The van der Waals surface area contributed by atoms with Crippen LogP contribution in [0.3, 0.4) is 0 Å². The van der Waals surface area contributed by atoms with Gasteiger partial charge in [0.25, 0.3) is 0 Å². The third-order valence-electron chi connectivity index (χ3n) is 4.15. The normalized spacial score (nSPS) is 17.7. The van der Waals surface area contributed by atoms with Crippen LogP contribution in [0.1, 0.15) is 36.2 Å². The lowest BCUT2D eigenvalue weighted by atomic mass is 9.96. The van der Waals surface area contributed by atoms with Gasteiger partial charge in [-0.1, -0.05) is 25.1 Å². The van der Waals surface area contributed by atoms with Crippen LogP contribution in [-0.4, -0.2) is 16.8 Å². The Hall–Kier alpha value is -1.61. The molecule has 1 aliphatic rings. The molecule has 0 amide bonds. The van der Waals surface area contributed by atoms with Gasteiger partial charge in [0.2, 0.25) is 0 Å². The third kappa shape index (κ3) is 1.98. The minimum absolute atomic E-state index is 0.511. The van der Waals surface area contributed by atoms with Crippen molar-refractivity contribution in [2.24, 2.45) is 7.05 Å². The Labute approximate surface area is 114 Å². The van der Waals surface area contributed by atoms with E-state index < -0.39 is 0 Å². The smallest absolute Gasteiger partial charge is 0.0700 e. The number of hydrogen-bond acceptors (Lipinski definition) is 2. The van der Waals surface area contributed by atoms with E-state index in [0.29, 0.717) is 6.04 Å². The number of rotatable bonds is 3. The highest BCUT2D eigenvalue weighted by molar-refractivity contribution is 5.71. The molecule has 0 saturated heterocycles. The Morgan fingerprint density at radius 3 is 2.95 bits per heavy atom. The summed E-state index contributed by atoms with van der Waals surface area (Å²) < 4.78 is 1.93. The van der Waals surface area contributed by atoms with E-state index in [4.69, 9.17) is 0 Å². The lowest BCUT2D eigenvalue weighted by molar-refractivity contribution is 0.590. The second-order valence-corrected chi connectivity index (χ2v) is 5.27. The van der Waals surface area contributed by atoms with Crippen molar-refractivity contribution >= 4 is 0 Å². The highest BCUT2D eigenvalue weighted by Crippen LogP contribution is 2.38.